The molecule has 1 aromatic carbocycles. The van der Waals surface area contributed by atoms with Crippen molar-refractivity contribution in [3.63, 3.8) is 0 Å². The molecule has 0 radical (unpaired) electrons. The molecule has 1 aliphatic rings. The summed E-state index contributed by atoms with van der Waals surface area (Å²) in [6, 6.07) is 6.20. The SMILES string of the molecule is CCOC(=O)c1cnc(NC(=O)C(=CC2CCOCC2)c2ccc(S(C)(=O)=O)cc2)s1. The number of allylic oxidation sites excluding steroid dienone is 1. The minimum absolute atomic E-state index is 0.162. The Labute approximate surface area is 185 Å². The number of carbonyl (C=O) groups excluding carboxylic acids is 2. The van der Waals surface area contributed by atoms with E-state index >= 15 is 0 Å². The summed E-state index contributed by atoms with van der Waals surface area (Å²) in [6.45, 7) is 3.21. The maximum Gasteiger partial charge on any atom is 0.350 e. The van der Waals surface area contributed by atoms with E-state index in [1.54, 1.807) is 19.1 Å². The molecule has 0 unspecified atom stereocenters. The fourth-order valence-corrected chi connectivity index (χ4v) is 4.43. The molecule has 1 aromatic heterocycles. The second kappa shape index (κ2) is 10.2. The molecule has 1 aliphatic heterocycles. The van der Waals surface area contributed by atoms with Crippen LogP contribution in [-0.4, -0.2) is 51.4 Å². The third-order valence-electron chi connectivity index (χ3n) is 4.71. The first-order valence-corrected chi connectivity index (χ1v) is 12.5. The zero-order chi connectivity index (χ0) is 22.4. The van der Waals surface area contributed by atoms with E-state index in [-0.39, 0.29) is 28.5 Å². The average Bonchev–Trinajstić information content (AvgIpc) is 3.21. The molecule has 0 saturated carbocycles. The summed E-state index contributed by atoms with van der Waals surface area (Å²) in [4.78, 5) is 29.5. The average molecular weight is 465 g/mol. The topological polar surface area (TPSA) is 112 Å². The molecule has 31 heavy (non-hydrogen) atoms. The first-order chi connectivity index (χ1) is 14.8. The third-order valence-corrected chi connectivity index (χ3v) is 6.73. The van der Waals surface area contributed by atoms with Gasteiger partial charge in [-0.25, -0.2) is 18.2 Å². The van der Waals surface area contributed by atoms with Crippen LogP contribution in [0.25, 0.3) is 5.57 Å². The molecule has 3 rings (SSSR count). The molecule has 166 valence electrons. The van der Waals surface area contributed by atoms with Crippen molar-refractivity contribution in [2.45, 2.75) is 24.7 Å². The Kier molecular flexibility index (Phi) is 7.58. The zero-order valence-electron chi connectivity index (χ0n) is 17.3. The van der Waals surface area contributed by atoms with Crippen molar-refractivity contribution < 1.29 is 27.5 Å². The van der Waals surface area contributed by atoms with Crippen LogP contribution in [0.2, 0.25) is 0 Å². The van der Waals surface area contributed by atoms with Gasteiger partial charge in [-0.3, -0.25) is 10.1 Å². The minimum Gasteiger partial charge on any atom is -0.462 e. The third kappa shape index (κ3) is 6.22. The number of hydrogen-bond donors (Lipinski definition) is 1. The summed E-state index contributed by atoms with van der Waals surface area (Å²) in [6.07, 6.45) is 5.98. The molecule has 0 atom stereocenters. The van der Waals surface area contributed by atoms with Crippen molar-refractivity contribution in [1.82, 2.24) is 4.98 Å². The van der Waals surface area contributed by atoms with Crippen LogP contribution < -0.4 is 5.32 Å². The van der Waals surface area contributed by atoms with Gasteiger partial charge in [0.05, 0.1) is 17.7 Å². The molecule has 2 aromatic rings. The smallest absolute Gasteiger partial charge is 0.350 e. The highest BCUT2D eigenvalue weighted by atomic mass is 32.2. The van der Waals surface area contributed by atoms with Crippen molar-refractivity contribution >= 4 is 43.8 Å². The van der Waals surface area contributed by atoms with Gasteiger partial charge in [-0.05, 0) is 43.4 Å². The number of esters is 1. The Bertz CT molecular complexity index is 1070. The summed E-state index contributed by atoms with van der Waals surface area (Å²) in [5, 5.41) is 3.01. The normalized spacial score (nSPS) is 15.5. The number of hydrogen-bond acceptors (Lipinski definition) is 8. The van der Waals surface area contributed by atoms with Gasteiger partial charge >= 0.3 is 5.97 Å². The maximum atomic E-state index is 13.1. The van der Waals surface area contributed by atoms with Gasteiger partial charge in [0, 0.05) is 25.0 Å². The number of rotatable bonds is 7. The number of anilines is 1. The number of nitrogens with zero attached hydrogens (tertiary/aromatic N) is 1. The van der Waals surface area contributed by atoms with Crippen LogP contribution in [-0.2, 0) is 24.1 Å². The number of aromatic nitrogens is 1. The largest absolute Gasteiger partial charge is 0.462 e. The van der Waals surface area contributed by atoms with Gasteiger partial charge in [0.1, 0.15) is 4.88 Å². The number of thiazole rings is 1. The van der Waals surface area contributed by atoms with Gasteiger partial charge in [-0.15, -0.1) is 0 Å². The van der Waals surface area contributed by atoms with E-state index in [2.05, 4.69) is 10.3 Å². The number of sulfone groups is 1. The van der Waals surface area contributed by atoms with Crippen LogP contribution in [0.5, 0.6) is 0 Å². The van der Waals surface area contributed by atoms with Crippen molar-refractivity contribution in [2.75, 3.05) is 31.4 Å². The maximum absolute atomic E-state index is 13.1. The lowest BCUT2D eigenvalue weighted by atomic mass is 9.94. The first kappa shape index (κ1) is 23.1. The summed E-state index contributed by atoms with van der Waals surface area (Å²) >= 11 is 1.03. The Morgan fingerprint density at radius 3 is 2.55 bits per heavy atom. The Hall–Kier alpha value is -2.56. The summed E-state index contributed by atoms with van der Waals surface area (Å²) in [5.41, 5.74) is 1.01. The molecule has 1 N–H and O–H groups in total. The number of amides is 1. The highest BCUT2D eigenvalue weighted by molar-refractivity contribution is 7.90. The number of ether oxygens (including phenoxy) is 2. The van der Waals surface area contributed by atoms with Gasteiger partial charge in [0.25, 0.3) is 5.91 Å². The highest BCUT2D eigenvalue weighted by Gasteiger charge is 2.20. The van der Waals surface area contributed by atoms with E-state index in [1.165, 1.54) is 18.3 Å². The molecule has 1 fully saturated rings. The predicted molar refractivity (Wildman–Crippen MR) is 118 cm³/mol. The molecule has 0 spiro atoms. The van der Waals surface area contributed by atoms with Crippen molar-refractivity contribution in [1.29, 1.82) is 0 Å². The van der Waals surface area contributed by atoms with Crippen LogP contribution in [0.4, 0.5) is 5.13 Å². The number of benzene rings is 1. The molecule has 2 heterocycles. The van der Waals surface area contributed by atoms with Crippen LogP contribution >= 0.6 is 11.3 Å². The summed E-state index contributed by atoms with van der Waals surface area (Å²) in [7, 11) is -3.34. The van der Waals surface area contributed by atoms with Crippen LogP contribution in [0.15, 0.2) is 41.4 Å². The second-order valence-electron chi connectivity index (χ2n) is 7.03. The van der Waals surface area contributed by atoms with Gasteiger partial charge in [0.15, 0.2) is 15.0 Å². The lowest BCUT2D eigenvalue weighted by Crippen LogP contribution is -2.18. The number of carbonyl (C=O) groups is 2. The van der Waals surface area contributed by atoms with Gasteiger partial charge in [-0.2, -0.15) is 0 Å². The number of nitrogens with one attached hydrogen (secondary N) is 1. The molecular weight excluding hydrogens is 440 g/mol. The molecule has 0 aliphatic carbocycles. The van der Waals surface area contributed by atoms with Crippen LogP contribution in [0.1, 0.15) is 35.0 Å². The fourth-order valence-electron chi connectivity index (χ4n) is 3.10. The highest BCUT2D eigenvalue weighted by Crippen LogP contribution is 2.26. The van der Waals surface area contributed by atoms with E-state index in [9.17, 15) is 18.0 Å². The molecule has 1 amide bonds. The van der Waals surface area contributed by atoms with Gasteiger partial charge in [0.2, 0.25) is 0 Å². The lowest BCUT2D eigenvalue weighted by Gasteiger charge is -2.20. The predicted octanol–water partition coefficient (Wildman–Crippen LogP) is 3.17. The minimum atomic E-state index is -3.34. The van der Waals surface area contributed by atoms with Gasteiger partial charge in [-0.1, -0.05) is 29.5 Å². The second-order valence-corrected chi connectivity index (χ2v) is 10.1. The lowest BCUT2D eigenvalue weighted by molar-refractivity contribution is -0.111. The Morgan fingerprint density at radius 1 is 1.26 bits per heavy atom. The molecule has 0 bridgehead atoms. The Morgan fingerprint density at radius 2 is 1.94 bits per heavy atom. The van der Waals surface area contributed by atoms with Crippen molar-refractivity contribution in [3.8, 4) is 0 Å². The quantitative estimate of drug-likeness (QED) is 0.495. The van der Waals surface area contributed by atoms with Crippen molar-refractivity contribution in [2.24, 2.45) is 5.92 Å². The van der Waals surface area contributed by atoms with Gasteiger partial charge < -0.3 is 9.47 Å². The zero-order valence-corrected chi connectivity index (χ0v) is 18.9. The molecular formula is C21H24N2O6S2. The van der Waals surface area contributed by atoms with E-state index in [1.807, 2.05) is 6.08 Å². The van der Waals surface area contributed by atoms with E-state index < -0.39 is 15.8 Å². The fraction of sp³-hybridized carbons (Fsp3) is 0.381. The first-order valence-electron chi connectivity index (χ1n) is 9.82. The van der Waals surface area contributed by atoms with Crippen LogP contribution in [0.3, 0.4) is 0 Å². The van der Waals surface area contributed by atoms with E-state index in [0.717, 1.165) is 30.4 Å². The molecule has 1 saturated heterocycles. The molecule has 8 nitrogen and oxygen atoms in total. The van der Waals surface area contributed by atoms with Crippen LogP contribution in [0, 0.1) is 5.92 Å². The molecule has 10 heteroatoms. The van der Waals surface area contributed by atoms with E-state index in [4.69, 9.17) is 9.47 Å². The summed E-state index contributed by atoms with van der Waals surface area (Å²) < 4.78 is 33.9. The van der Waals surface area contributed by atoms with E-state index in [0.29, 0.717) is 29.2 Å². The Balaban J connectivity index is 1.86. The summed E-state index contributed by atoms with van der Waals surface area (Å²) in [5.74, 6) is -0.714. The monoisotopic (exact) mass is 464 g/mol. The van der Waals surface area contributed by atoms with Crippen molar-refractivity contribution in [3.05, 3.63) is 47.0 Å². The standard InChI is InChI=1S/C21H24N2O6S2/c1-3-29-20(25)18-13-22-21(30-18)23-19(24)17(12-14-8-10-28-11-9-14)15-4-6-16(7-5-15)31(2,26)27/h4-7,12-14H,3,8-11H2,1-2H3,(H,22,23,24).